The largest absolute Gasteiger partial charge is 0.460 e. The van der Waals surface area contributed by atoms with Gasteiger partial charge in [0.2, 0.25) is 0 Å². The molecule has 0 amide bonds. The molecule has 0 saturated heterocycles. The third-order valence-corrected chi connectivity index (χ3v) is 4.84. The van der Waals surface area contributed by atoms with E-state index in [0.717, 1.165) is 6.07 Å². The van der Waals surface area contributed by atoms with Crippen LogP contribution in [-0.4, -0.2) is 42.9 Å². The first-order valence-electron chi connectivity index (χ1n) is 8.98. The number of rotatable bonds is 8. The highest BCUT2D eigenvalue weighted by molar-refractivity contribution is 5.35. The van der Waals surface area contributed by atoms with Crippen LogP contribution >= 0.6 is 0 Å². The van der Waals surface area contributed by atoms with Crippen molar-refractivity contribution in [3.63, 3.8) is 0 Å². The lowest BCUT2D eigenvalue weighted by molar-refractivity contribution is -0.440. The highest BCUT2D eigenvalue weighted by atomic mass is 19.4. The van der Waals surface area contributed by atoms with Crippen LogP contribution in [0, 0.1) is 0 Å². The standard InChI is InChI=1S/C19H19F13O/c1-13(2,3)11-8-6-5-7-10(11)12(33-4)9-14(20,21)15(22,23)16(24,25)17(26,27)18(28,29)19(30,31)32/h5-8,12H,9H2,1-4H3. The van der Waals surface area contributed by atoms with E-state index in [1.807, 2.05) is 0 Å². The first-order chi connectivity index (χ1) is 14.4. The molecule has 14 heteroatoms. The molecule has 0 radical (unpaired) electrons. The molecule has 0 aliphatic heterocycles. The fraction of sp³-hybridized carbons (Fsp3) is 0.684. The fourth-order valence-electron chi connectivity index (χ4n) is 2.94. The summed E-state index contributed by atoms with van der Waals surface area (Å²) in [5, 5.41) is 0. The molecule has 1 unspecified atom stereocenters. The molecule has 1 nitrogen and oxygen atoms in total. The fourth-order valence-corrected chi connectivity index (χ4v) is 2.94. The van der Waals surface area contributed by atoms with Gasteiger partial charge >= 0.3 is 35.8 Å². The molecule has 0 N–H and O–H groups in total. The van der Waals surface area contributed by atoms with E-state index in [1.54, 1.807) is 20.8 Å². The van der Waals surface area contributed by atoms with E-state index in [2.05, 4.69) is 4.74 Å². The predicted molar refractivity (Wildman–Crippen MR) is 90.3 cm³/mol. The average molecular weight is 510 g/mol. The van der Waals surface area contributed by atoms with Gasteiger partial charge in [0.1, 0.15) is 0 Å². The quantitative estimate of drug-likeness (QED) is 0.325. The number of hydrogen-bond acceptors (Lipinski definition) is 1. The van der Waals surface area contributed by atoms with Crippen LogP contribution in [0.3, 0.4) is 0 Å². The number of benzene rings is 1. The van der Waals surface area contributed by atoms with Crippen molar-refractivity contribution >= 4 is 0 Å². The predicted octanol–water partition coefficient (Wildman–Crippen LogP) is 7.80. The van der Waals surface area contributed by atoms with Crippen molar-refractivity contribution in [1.29, 1.82) is 0 Å². The molecular weight excluding hydrogens is 491 g/mol. The SMILES string of the molecule is COC(CC(F)(F)C(F)(F)C(F)(F)C(F)(F)C(F)(F)C(F)(F)F)c1ccccc1C(C)(C)C. The van der Waals surface area contributed by atoms with Crippen LogP contribution in [-0.2, 0) is 10.2 Å². The zero-order chi connectivity index (χ0) is 26.5. The number of ether oxygens (including phenoxy) is 1. The Morgan fingerprint density at radius 3 is 1.48 bits per heavy atom. The minimum Gasteiger partial charge on any atom is -0.377 e. The number of methoxy groups -OCH3 is 1. The van der Waals surface area contributed by atoms with Gasteiger partial charge in [0.15, 0.2) is 0 Å². The molecule has 33 heavy (non-hydrogen) atoms. The van der Waals surface area contributed by atoms with Gasteiger partial charge < -0.3 is 4.74 Å². The second-order valence-corrected chi connectivity index (χ2v) is 8.27. The topological polar surface area (TPSA) is 9.23 Å². The van der Waals surface area contributed by atoms with E-state index >= 15 is 0 Å². The molecule has 192 valence electrons. The van der Waals surface area contributed by atoms with E-state index in [1.165, 1.54) is 18.2 Å². The lowest BCUT2D eigenvalue weighted by Gasteiger charge is -2.40. The monoisotopic (exact) mass is 510 g/mol. The Hall–Kier alpha value is -1.73. The van der Waals surface area contributed by atoms with Crippen LogP contribution in [0.25, 0.3) is 0 Å². The van der Waals surface area contributed by atoms with Crippen molar-refractivity contribution < 1.29 is 61.8 Å². The molecule has 0 saturated carbocycles. The van der Waals surface area contributed by atoms with Crippen molar-refractivity contribution in [2.45, 2.75) is 74.5 Å². The van der Waals surface area contributed by atoms with Gasteiger partial charge in [0, 0.05) is 13.5 Å². The maximum Gasteiger partial charge on any atom is 0.460 e. The van der Waals surface area contributed by atoms with Gasteiger partial charge in [-0.25, -0.2) is 0 Å². The summed E-state index contributed by atoms with van der Waals surface area (Å²) < 4.78 is 178. The third-order valence-electron chi connectivity index (χ3n) is 4.84. The number of alkyl halides is 13. The van der Waals surface area contributed by atoms with Gasteiger partial charge in [0.05, 0.1) is 6.10 Å². The minimum atomic E-state index is -7.92. The summed E-state index contributed by atoms with van der Waals surface area (Å²) in [5.41, 5.74) is -0.868. The van der Waals surface area contributed by atoms with Crippen molar-refractivity contribution in [3.05, 3.63) is 35.4 Å². The molecule has 0 aromatic heterocycles. The van der Waals surface area contributed by atoms with Gasteiger partial charge in [-0.05, 0) is 16.5 Å². The Bertz CT molecular complexity index is 822. The summed E-state index contributed by atoms with van der Waals surface area (Å²) in [6.45, 7) is 4.66. The lowest BCUT2D eigenvalue weighted by atomic mass is 9.81. The number of halogens is 13. The summed E-state index contributed by atoms with van der Waals surface area (Å²) in [5.74, 6) is -37.0. The Morgan fingerprint density at radius 1 is 0.667 bits per heavy atom. The van der Waals surface area contributed by atoms with E-state index in [-0.39, 0.29) is 11.1 Å². The smallest absolute Gasteiger partial charge is 0.377 e. The molecule has 1 aromatic rings. The van der Waals surface area contributed by atoms with Crippen molar-refractivity contribution in [3.8, 4) is 0 Å². The Balaban J connectivity index is 3.52. The first kappa shape index (κ1) is 29.3. The molecule has 0 aliphatic carbocycles. The first-order valence-corrected chi connectivity index (χ1v) is 8.98. The van der Waals surface area contributed by atoms with Gasteiger partial charge in [-0.15, -0.1) is 0 Å². The van der Waals surface area contributed by atoms with Crippen LogP contribution in [0.2, 0.25) is 0 Å². The average Bonchev–Trinajstić information content (AvgIpc) is 2.63. The van der Waals surface area contributed by atoms with Gasteiger partial charge in [-0.2, -0.15) is 57.1 Å². The van der Waals surface area contributed by atoms with Gasteiger partial charge in [0.25, 0.3) is 0 Å². The van der Waals surface area contributed by atoms with Gasteiger partial charge in [-0.3, -0.25) is 0 Å². The minimum absolute atomic E-state index is 0.205. The highest BCUT2D eigenvalue weighted by Crippen LogP contribution is 2.61. The molecule has 0 aliphatic rings. The Kier molecular flexibility index (Phi) is 7.54. The molecule has 0 spiro atoms. The normalized spacial score (nSPS) is 16.2. The summed E-state index contributed by atoms with van der Waals surface area (Å²) in [4.78, 5) is 0. The molecule has 1 atom stereocenters. The van der Waals surface area contributed by atoms with Crippen molar-refractivity contribution in [2.24, 2.45) is 0 Å². The Labute approximate surface area is 179 Å². The zero-order valence-electron chi connectivity index (χ0n) is 17.4. The van der Waals surface area contributed by atoms with Crippen molar-refractivity contribution in [2.75, 3.05) is 7.11 Å². The van der Waals surface area contributed by atoms with E-state index < -0.39 is 53.7 Å². The number of hydrogen-bond donors (Lipinski definition) is 0. The van der Waals surface area contributed by atoms with Crippen LogP contribution in [0.4, 0.5) is 57.1 Å². The Morgan fingerprint density at radius 2 is 1.09 bits per heavy atom. The highest BCUT2D eigenvalue weighted by Gasteiger charge is 2.90. The van der Waals surface area contributed by atoms with Gasteiger partial charge in [-0.1, -0.05) is 45.0 Å². The van der Waals surface area contributed by atoms with E-state index in [9.17, 15) is 57.1 Å². The van der Waals surface area contributed by atoms with E-state index in [0.29, 0.717) is 7.11 Å². The molecule has 0 fully saturated rings. The van der Waals surface area contributed by atoms with Crippen molar-refractivity contribution in [1.82, 2.24) is 0 Å². The molecule has 0 heterocycles. The van der Waals surface area contributed by atoms with Crippen LogP contribution in [0.1, 0.15) is 44.4 Å². The van der Waals surface area contributed by atoms with Crippen LogP contribution in [0.15, 0.2) is 24.3 Å². The summed E-state index contributed by atoms with van der Waals surface area (Å²) in [6.07, 6.45) is -12.0. The third kappa shape index (κ3) is 4.76. The summed E-state index contributed by atoms with van der Waals surface area (Å²) in [6, 6.07) is 5.09. The summed E-state index contributed by atoms with van der Waals surface area (Å²) >= 11 is 0. The zero-order valence-corrected chi connectivity index (χ0v) is 17.4. The second kappa shape index (κ2) is 8.49. The maximum absolute atomic E-state index is 14.3. The molecule has 1 rings (SSSR count). The lowest BCUT2D eigenvalue weighted by Crippen LogP contribution is -2.70. The second-order valence-electron chi connectivity index (χ2n) is 8.27. The maximum atomic E-state index is 14.3. The molecule has 1 aromatic carbocycles. The van der Waals surface area contributed by atoms with E-state index in [4.69, 9.17) is 0 Å². The molecular formula is C19H19F13O. The molecule has 0 bridgehead atoms. The summed E-state index contributed by atoms with van der Waals surface area (Å²) in [7, 11) is 0.697. The van der Waals surface area contributed by atoms with Crippen LogP contribution in [0.5, 0.6) is 0 Å². The van der Waals surface area contributed by atoms with Crippen LogP contribution < -0.4 is 0 Å².